The molecule has 0 amide bonds. The van der Waals surface area contributed by atoms with Crippen LogP contribution >= 0.6 is 23.2 Å². The number of aromatic amines is 1. The zero-order valence-corrected chi connectivity index (χ0v) is 9.72. The van der Waals surface area contributed by atoms with Gasteiger partial charge in [0, 0.05) is 28.9 Å². The summed E-state index contributed by atoms with van der Waals surface area (Å²) in [5.41, 5.74) is 0.743. The van der Waals surface area contributed by atoms with Gasteiger partial charge in [-0.2, -0.15) is 0 Å². The summed E-state index contributed by atoms with van der Waals surface area (Å²) < 4.78 is 0. The molecule has 2 rings (SSSR count). The first-order valence-electron chi connectivity index (χ1n) is 4.63. The van der Waals surface area contributed by atoms with Crippen LogP contribution in [0.15, 0.2) is 30.6 Å². The van der Waals surface area contributed by atoms with E-state index in [1.54, 1.807) is 24.4 Å². The Hall–Kier alpha value is -1.32. The van der Waals surface area contributed by atoms with E-state index >= 15 is 0 Å². The maximum absolute atomic E-state index is 11.7. The van der Waals surface area contributed by atoms with E-state index in [0.29, 0.717) is 15.9 Å². The topological polar surface area (TPSA) is 45.8 Å². The molecule has 3 nitrogen and oxygen atoms in total. The van der Waals surface area contributed by atoms with Crippen molar-refractivity contribution in [3.8, 4) is 0 Å². The highest BCUT2D eigenvalue weighted by molar-refractivity contribution is 6.35. The minimum atomic E-state index is -0.103. The predicted molar refractivity (Wildman–Crippen MR) is 63.1 cm³/mol. The second kappa shape index (κ2) is 4.68. The summed E-state index contributed by atoms with van der Waals surface area (Å²) in [6, 6.07) is 5.07. The van der Waals surface area contributed by atoms with Crippen LogP contribution in [0.4, 0.5) is 0 Å². The first-order chi connectivity index (χ1) is 7.66. The van der Waals surface area contributed by atoms with Crippen LogP contribution in [-0.2, 0) is 6.42 Å². The zero-order valence-electron chi connectivity index (χ0n) is 8.21. The lowest BCUT2D eigenvalue weighted by molar-refractivity contribution is 0.0984. The number of ketones is 1. The monoisotopic (exact) mass is 254 g/mol. The van der Waals surface area contributed by atoms with Gasteiger partial charge in [0.2, 0.25) is 5.78 Å². The molecule has 2 aromatic rings. The van der Waals surface area contributed by atoms with E-state index < -0.39 is 0 Å². The van der Waals surface area contributed by atoms with E-state index in [1.807, 2.05) is 0 Å². The Morgan fingerprint density at radius 2 is 2.19 bits per heavy atom. The summed E-state index contributed by atoms with van der Waals surface area (Å²) in [5, 5.41) is 1.05. The molecule has 1 aromatic heterocycles. The lowest BCUT2D eigenvalue weighted by Gasteiger charge is -2.02. The Kier molecular flexibility index (Phi) is 3.27. The molecule has 0 aliphatic carbocycles. The van der Waals surface area contributed by atoms with Crippen molar-refractivity contribution in [3.63, 3.8) is 0 Å². The van der Waals surface area contributed by atoms with E-state index in [1.165, 1.54) is 6.20 Å². The van der Waals surface area contributed by atoms with Gasteiger partial charge >= 0.3 is 0 Å². The summed E-state index contributed by atoms with van der Waals surface area (Å²) in [7, 11) is 0. The molecule has 0 saturated carbocycles. The maximum atomic E-state index is 11.7. The van der Waals surface area contributed by atoms with Gasteiger partial charge in [0.05, 0.1) is 0 Å². The lowest BCUT2D eigenvalue weighted by Crippen LogP contribution is -2.05. The zero-order chi connectivity index (χ0) is 11.5. The highest BCUT2D eigenvalue weighted by atomic mass is 35.5. The summed E-state index contributed by atoms with van der Waals surface area (Å²) in [4.78, 5) is 18.4. The second-order valence-electron chi connectivity index (χ2n) is 3.27. The fourth-order valence-corrected chi connectivity index (χ4v) is 1.81. The van der Waals surface area contributed by atoms with Gasteiger partial charge in [0.15, 0.2) is 5.82 Å². The van der Waals surface area contributed by atoms with E-state index in [9.17, 15) is 4.79 Å². The number of imidazole rings is 1. The van der Waals surface area contributed by atoms with Crippen molar-refractivity contribution in [1.82, 2.24) is 9.97 Å². The first-order valence-corrected chi connectivity index (χ1v) is 5.39. The van der Waals surface area contributed by atoms with Crippen molar-refractivity contribution in [2.75, 3.05) is 0 Å². The van der Waals surface area contributed by atoms with Crippen molar-refractivity contribution in [2.24, 2.45) is 0 Å². The summed E-state index contributed by atoms with van der Waals surface area (Å²) in [5.74, 6) is 0.236. The van der Waals surface area contributed by atoms with Gasteiger partial charge in [-0.15, -0.1) is 0 Å². The number of aromatic nitrogens is 2. The molecule has 1 aromatic carbocycles. The Morgan fingerprint density at radius 3 is 2.81 bits per heavy atom. The average molecular weight is 255 g/mol. The van der Waals surface area contributed by atoms with Crippen molar-refractivity contribution in [3.05, 3.63) is 52.0 Å². The average Bonchev–Trinajstić information content (AvgIpc) is 2.75. The molecular formula is C11H8Cl2N2O. The molecule has 1 N–H and O–H groups in total. The number of halogens is 2. The van der Waals surface area contributed by atoms with Crippen molar-refractivity contribution < 1.29 is 4.79 Å². The van der Waals surface area contributed by atoms with Crippen LogP contribution in [0.5, 0.6) is 0 Å². The smallest absolute Gasteiger partial charge is 0.202 e. The molecular weight excluding hydrogens is 247 g/mol. The van der Waals surface area contributed by atoms with Gasteiger partial charge in [0.25, 0.3) is 0 Å². The third-order valence-corrected chi connectivity index (χ3v) is 2.72. The fourth-order valence-electron chi connectivity index (χ4n) is 1.34. The maximum Gasteiger partial charge on any atom is 0.202 e. The summed E-state index contributed by atoms with van der Waals surface area (Å²) >= 11 is 11.7. The van der Waals surface area contributed by atoms with Crippen LogP contribution in [-0.4, -0.2) is 15.8 Å². The van der Waals surface area contributed by atoms with E-state index in [-0.39, 0.29) is 12.2 Å². The minimum absolute atomic E-state index is 0.103. The quantitative estimate of drug-likeness (QED) is 0.856. The number of benzene rings is 1. The molecule has 0 radical (unpaired) electrons. The number of hydrogen-bond donors (Lipinski definition) is 1. The van der Waals surface area contributed by atoms with Crippen molar-refractivity contribution in [1.29, 1.82) is 0 Å². The Balaban J connectivity index is 2.18. The van der Waals surface area contributed by atoms with E-state index in [2.05, 4.69) is 9.97 Å². The van der Waals surface area contributed by atoms with Crippen molar-refractivity contribution >= 4 is 29.0 Å². The van der Waals surface area contributed by atoms with Crippen LogP contribution in [0.2, 0.25) is 10.0 Å². The van der Waals surface area contributed by atoms with E-state index in [4.69, 9.17) is 23.2 Å². The summed E-state index contributed by atoms with van der Waals surface area (Å²) in [6.45, 7) is 0. The lowest BCUT2D eigenvalue weighted by atomic mass is 10.1. The molecule has 0 bridgehead atoms. The van der Waals surface area contributed by atoms with Gasteiger partial charge in [-0.1, -0.05) is 29.3 Å². The number of H-pyrrole nitrogens is 1. The molecule has 0 aliphatic heterocycles. The fraction of sp³-hybridized carbons (Fsp3) is 0.0909. The molecule has 0 spiro atoms. The highest BCUT2D eigenvalue weighted by Gasteiger charge is 2.11. The molecule has 82 valence electrons. The SMILES string of the molecule is O=C(Cc1ccc(Cl)cc1Cl)c1ncc[nH]1. The molecule has 0 atom stereocenters. The normalized spacial score (nSPS) is 10.4. The largest absolute Gasteiger partial charge is 0.342 e. The molecule has 0 aliphatic rings. The first kappa shape index (κ1) is 11.2. The molecule has 16 heavy (non-hydrogen) atoms. The van der Waals surface area contributed by atoms with Gasteiger partial charge < -0.3 is 4.98 Å². The van der Waals surface area contributed by atoms with Crippen LogP contribution in [0.1, 0.15) is 16.2 Å². The van der Waals surface area contributed by atoms with E-state index in [0.717, 1.165) is 5.56 Å². The van der Waals surface area contributed by atoms with Crippen LogP contribution in [0.3, 0.4) is 0 Å². The summed E-state index contributed by atoms with van der Waals surface area (Å²) in [6.07, 6.45) is 3.36. The van der Waals surface area contributed by atoms with Crippen LogP contribution in [0, 0.1) is 0 Å². The van der Waals surface area contributed by atoms with Gasteiger partial charge in [-0.05, 0) is 17.7 Å². The highest BCUT2D eigenvalue weighted by Crippen LogP contribution is 2.21. The molecule has 0 fully saturated rings. The molecule has 5 heteroatoms. The Morgan fingerprint density at radius 1 is 1.38 bits per heavy atom. The van der Waals surface area contributed by atoms with Crippen molar-refractivity contribution in [2.45, 2.75) is 6.42 Å². The van der Waals surface area contributed by atoms with Crippen LogP contribution in [0.25, 0.3) is 0 Å². The van der Waals surface area contributed by atoms with Gasteiger partial charge in [-0.3, -0.25) is 4.79 Å². The molecule has 0 unspecified atom stereocenters. The Bertz CT molecular complexity index is 509. The number of Topliss-reactive ketones (excluding diaryl/α,β-unsaturated/α-hetero) is 1. The van der Waals surface area contributed by atoms with Gasteiger partial charge in [-0.25, -0.2) is 4.98 Å². The number of rotatable bonds is 3. The van der Waals surface area contributed by atoms with Gasteiger partial charge in [0.1, 0.15) is 0 Å². The second-order valence-corrected chi connectivity index (χ2v) is 4.12. The van der Waals surface area contributed by atoms with Crippen LogP contribution < -0.4 is 0 Å². The third kappa shape index (κ3) is 2.43. The predicted octanol–water partition coefficient (Wildman–Crippen LogP) is 3.14. The number of nitrogens with one attached hydrogen (secondary N) is 1. The number of nitrogens with zero attached hydrogens (tertiary/aromatic N) is 1. The number of hydrogen-bond acceptors (Lipinski definition) is 2. The standard InChI is InChI=1S/C11H8Cl2N2O/c12-8-2-1-7(9(13)6-8)5-10(16)11-14-3-4-15-11/h1-4,6H,5H2,(H,14,15). The molecule has 1 heterocycles. The molecule has 0 saturated heterocycles. The third-order valence-electron chi connectivity index (χ3n) is 2.13. The Labute approximate surface area is 102 Å². The number of carbonyl (C=O) groups is 1. The minimum Gasteiger partial charge on any atom is -0.342 e. The number of carbonyl (C=O) groups excluding carboxylic acids is 1.